The molecule has 0 fully saturated rings. The zero-order chi connectivity index (χ0) is 18.8. The van der Waals surface area contributed by atoms with Crippen LogP contribution in [-0.2, 0) is 25.0 Å². The van der Waals surface area contributed by atoms with Crippen molar-refractivity contribution in [2.75, 3.05) is 0 Å². The minimum Gasteiger partial charge on any atom is -0.369 e. The predicted octanol–water partition coefficient (Wildman–Crippen LogP) is 2.98. The highest BCUT2D eigenvalue weighted by Gasteiger charge is 2.15. The Hall–Kier alpha value is -3.32. The minimum absolute atomic E-state index is 0.0990. The summed E-state index contributed by atoms with van der Waals surface area (Å²) in [6.45, 7) is 0.313. The molecule has 0 aliphatic carbocycles. The third-order valence-electron chi connectivity index (χ3n) is 4.24. The highest BCUT2D eigenvalue weighted by atomic mass is 19.1. The van der Waals surface area contributed by atoms with Crippen molar-refractivity contribution in [1.82, 2.24) is 19.3 Å². The first-order valence-corrected chi connectivity index (χ1v) is 8.45. The molecule has 2 aromatic carbocycles. The average Bonchev–Trinajstić information content (AvgIpc) is 3.04. The summed E-state index contributed by atoms with van der Waals surface area (Å²) < 4.78 is 22.1. The van der Waals surface area contributed by atoms with Gasteiger partial charge in [-0.3, -0.25) is 14.0 Å². The number of hydrogen-bond acceptors (Lipinski definition) is 4. The summed E-state index contributed by atoms with van der Waals surface area (Å²) in [7, 11) is 1.74. The van der Waals surface area contributed by atoms with Crippen LogP contribution in [0.3, 0.4) is 0 Å². The molecular formula is C20H17FN4O2. The molecule has 6 nitrogen and oxygen atoms in total. The molecule has 0 amide bonds. The highest BCUT2D eigenvalue weighted by Crippen LogP contribution is 2.14. The maximum absolute atomic E-state index is 13.3. The zero-order valence-corrected chi connectivity index (χ0v) is 14.7. The van der Waals surface area contributed by atoms with Gasteiger partial charge in [0.15, 0.2) is 5.65 Å². The van der Waals surface area contributed by atoms with Crippen molar-refractivity contribution in [1.29, 1.82) is 0 Å². The van der Waals surface area contributed by atoms with E-state index in [0.717, 1.165) is 0 Å². The molecule has 0 aliphatic rings. The number of aromatic nitrogens is 4. The van der Waals surface area contributed by atoms with Crippen LogP contribution in [0.2, 0.25) is 0 Å². The van der Waals surface area contributed by atoms with E-state index in [2.05, 4.69) is 10.1 Å². The van der Waals surface area contributed by atoms with Gasteiger partial charge in [-0.15, -0.1) is 0 Å². The maximum atomic E-state index is 13.3. The van der Waals surface area contributed by atoms with E-state index in [1.54, 1.807) is 23.9 Å². The first kappa shape index (κ1) is 17.1. The van der Waals surface area contributed by atoms with Crippen LogP contribution in [0.5, 0.6) is 0 Å². The van der Waals surface area contributed by atoms with Crippen molar-refractivity contribution < 1.29 is 9.13 Å². The van der Waals surface area contributed by atoms with Gasteiger partial charge in [0, 0.05) is 7.05 Å². The number of para-hydroxylation sites is 1. The third-order valence-corrected chi connectivity index (χ3v) is 4.24. The Bertz CT molecular complexity index is 1150. The van der Waals surface area contributed by atoms with Crippen molar-refractivity contribution in [2.45, 2.75) is 13.2 Å². The fraction of sp³-hybridized carbons (Fsp3) is 0.150. The monoisotopic (exact) mass is 364 g/mol. The fourth-order valence-electron chi connectivity index (χ4n) is 2.95. The SMILES string of the molecule is Cn1ncc2c(=O)n(-c3ccccc3)c(COCc3cccc(F)c3)nc21. The summed E-state index contributed by atoms with van der Waals surface area (Å²) in [5.41, 5.74) is 1.70. The predicted molar refractivity (Wildman–Crippen MR) is 99.0 cm³/mol. The van der Waals surface area contributed by atoms with Crippen LogP contribution in [0.4, 0.5) is 4.39 Å². The largest absolute Gasteiger partial charge is 0.369 e. The maximum Gasteiger partial charge on any atom is 0.269 e. The summed E-state index contributed by atoms with van der Waals surface area (Å²) in [5.74, 6) is 0.144. The molecule has 0 radical (unpaired) electrons. The lowest BCUT2D eigenvalue weighted by atomic mass is 10.2. The van der Waals surface area contributed by atoms with E-state index >= 15 is 0 Å². The van der Waals surface area contributed by atoms with Crippen LogP contribution < -0.4 is 5.56 Å². The van der Waals surface area contributed by atoms with E-state index in [0.29, 0.717) is 28.1 Å². The van der Waals surface area contributed by atoms with E-state index in [1.807, 2.05) is 30.3 Å². The van der Waals surface area contributed by atoms with Gasteiger partial charge in [0.05, 0.1) is 18.5 Å². The summed E-state index contributed by atoms with van der Waals surface area (Å²) in [6, 6.07) is 15.5. The number of fused-ring (bicyclic) bond motifs is 1. The summed E-state index contributed by atoms with van der Waals surface area (Å²) >= 11 is 0. The van der Waals surface area contributed by atoms with Crippen LogP contribution in [0.1, 0.15) is 11.4 Å². The molecule has 2 aromatic heterocycles. The van der Waals surface area contributed by atoms with E-state index < -0.39 is 0 Å². The first-order valence-electron chi connectivity index (χ1n) is 8.45. The van der Waals surface area contributed by atoms with Gasteiger partial charge in [0.25, 0.3) is 5.56 Å². The number of rotatable bonds is 5. The molecule has 4 aromatic rings. The van der Waals surface area contributed by atoms with Crippen molar-refractivity contribution >= 4 is 11.0 Å². The minimum atomic E-state index is -0.313. The lowest BCUT2D eigenvalue weighted by molar-refractivity contribution is 0.0999. The van der Waals surface area contributed by atoms with E-state index in [1.165, 1.54) is 22.9 Å². The Morgan fingerprint density at radius 2 is 1.89 bits per heavy atom. The van der Waals surface area contributed by atoms with Crippen molar-refractivity contribution in [3.63, 3.8) is 0 Å². The van der Waals surface area contributed by atoms with E-state index in [-0.39, 0.29) is 24.6 Å². The van der Waals surface area contributed by atoms with Gasteiger partial charge in [0.1, 0.15) is 23.6 Å². The Kier molecular flexibility index (Phi) is 4.52. The molecular weight excluding hydrogens is 347 g/mol. The van der Waals surface area contributed by atoms with Gasteiger partial charge in [-0.2, -0.15) is 5.10 Å². The molecule has 4 rings (SSSR count). The number of aryl methyl sites for hydroxylation is 1. The van der Waals surface area contributed by atoms with Gasteiger partial charge in [-0.05, 0) is 29.8 Å². The van der Waals surface area contributed by atoms with Gasteiger partial charge in [0.2, 0.25) is 0 Å². The first-order chi connectivity index (χ1) is 13.1. The van der Waals surface area contributed by atoms with Crippen LogP contribution in [0.15, 0.2) is 65.6 Å². The smallest absolute Gasteiger partial charge is 0.269 e. The lowest BCUT2D eigenvalue weighted by Crippen LogP contribution is -2.24. The number of ether oxygens (including phenoxy) is 1. The molecule has 27 heavy (non-hydrogen) atoms. The molecule has 0 bridgehead atoms. The molecule has 2 heterocycles. The number of hydrogen-bond donors (Lipinski definition) is 0. The summed E-state index contributed by atoms with van der Waals surface area (Å²) in [5, 5.41) is 4.57. The standard InChI is InChI=1S/C20H17FN4O2/c1-24-19-17(11-22-24)20(26)25(16-8-3-2-4-9-16)18(23-19)13-27-12-14-6-5-7-15(21)10-14/h2-11H,12-13H2,1H3. The topological polar surface area (TPSA) is 61.9 Å². The second-order valence-corrected chi connectivity index (χ2v) is 6.13. The quantitative estimate of drug-likeness (QED) is 0.546. The second-order valence-electron chi connectivity index (χ2n) is 6.13. The van der Waals surface area contributed by atoms with Gasteiger partial charge >= 0.3 is 0 Å². The molecule has 0 N–H and O–H groups in total. The molecule has 7 heteroatoms. The van der Waals surface area contributed by atoms with Crippen molar-refractivity contribution in [3.05, 3.63) is 88.4 Å². The highest BCUT2D eigenvalue weighted by molar-refractivity contribution is 5.73. The molecule has 0 atom stereocenters. The third kappa shape index (κ3) is 3.37. The molecule has 136 valence electrons. The van der Waals surface area contributed by atoms with E-state index in [4.69, 9.17) is 4.74 Å². The Morgan fingerprint density at radius 1 is 1.07 bits per heavy atom. The van der Waals surface area contributed by atoms with Crippen LogP contribution in [0.25, 0.3) is 16.7 Å². The van der Waals surface area contributed by atoms with Gasteiger partial charge in [-0.1, -0.05) is 30.3 Å². The normalized spacial score (nSPS) is 11.2. The lowest BCUT2D eigenvalue weighted by Gasteiger charge is -2.13. The summed E-state index contributed by atoms with van der Waals surface area (Å²) in [6.07, 6.45) is 1.52. The summed E-state index contributed by atoms with van der Waals surface area (Å²) in [4.78, 5) is 17.6. The molecule has 0 aliphatic heterocycles. The van der Waals surface area contributed by atoms with E-state index in [9.17, 15) is 9.18 Å². The van der Waals surface area contributed by atoms with Crippen LogP contribution in [-0.4, -0.2) is 19.3 Å². The van der Waals surface area contributed by atoms with Gasteiger partial charge in [-0.25, -0.2) is 9.37 Å². The van der Waals surface area contributed by atoms with Gasteiger partial charge < -0.3 is 4.74 Å². The molecule has 0 saturated carbocycles. The number of benzene rings is 2. The Labute approximate surface area is 154 Å². The molecule has 0 saturated heterocycles. The molecule has 0 spiro atoms. The Morgan fingerprint density at radius 3 is 2.67 bits per heavy atom. The zero-order valence-electron chi connectivity index (χ0n) is 14.7. The fourth-order valence-corrected chi connectivity index (χ4v) is 2.95. The molecule has 0 unspecified atom stereocenters. The second kappa shape index (κ2) is 7.13. The number of nitrogens with zero attached hydrogens (tertiary/aromatic N) is 4. The Balaban J connectivity index is 1.72. The van der Waals surface area contributed by atoms with Crippen molar-refractivity contribution in [2.24, 2.45) is 7.05 Å². The van der Waals surface area contributed by atoms with Crippen molar-refractivity contribution in [3.8, 4) is 5.69 Å². The van der Waals surface area contributed by atoms with Crippen LogP contribution >= 0.6 is 0 Å². The number of halogens is 1. The average molecular weight is 364 g/mol. The van der Waals surface area contributed by atoms with Crippen LogP contribution in [0, 0.1) is 5.82 Å².